The van der Waals surface area contributed by atoms with Crippen molar-refractivity contribution in [3.05, 3.63) is 35.9 Å². The molecule has 0 fully saturated rings. The Labute approximate surface area is 91.0 Å². The van der Waals surface area contributed by atoms with Gasteiger partial charge in [0.05, 0.1) is 6.04 Å². The van der Waals surface area contributed by atoms with Crippen LogP contribution in [0.25, 0.3) is 0 Å². The SMILES string of the molecule is CCC1N=C(c2ccccc2)OC1CC. The minimum atomic E-state index is 0.269. The minimum Gasteiger partial charge on any atom is -0.472 e. The van der Waals surface area contributed by atoms with E-state index in [1.807, 2.05) is 30.3 Å². The first-order chi connectivity index (χ1) is 7.35. The lowest BCUT2D eigenvalue weighted by molar-refractivity contribution is 0.185. The van der Waals surface area contributed by atoms with Crippen molar-refractivity contribution in [1.29, 1.82) is 0 Å². The molecule has 2 heteroatoms. The fourth-order valence-corrected chi connectivity index (χ4v) is 1.92. The first-order valence-electron chi connectivity index (χ1n) is 5.65. The van der Waals surface area contributed by atoms with Gasteiger partial charge in [-0.3, -0.25) is 0 Å². The summed E-state index contributed by atoms with van der Waals surface area (Å²) >= 11 is 0. The zero-order chi connectivity index (χ0) is 10.7. The normalized spacial score (nSPS) is 24.8. The van der Waals surface area contributed by atoms with E-state index in [-0.39, 0.29) is 6.10 Å². The van der Waals surface area contributed by atoms with E-state index in [0.29, 0.717) is 6.04 Å². The van der Waals surface area contributed by atoms with Gasteiger partial charge in [-0.25, -0.2) is 4.99 Å². The van der Waals surface area contributed by atoms with Gasteiger partial charge in [-0.15, -0.1) is 0 Å². The highest BCUT2D eigenvalue weighted by Crippen LogP contribution is 2.22. The van der Waals surface area contributed by atoms with Crippen LogP contribution in [0.15, 0.2) is 35.3 Å². The molecule has 2 unspecified atom stereocenters. The molecule has 80 valence electrons. The van der Waals surface area contributed by atoms with Crippen molar-refractivity contribution in [2.24, 2.45) is 4.99 Å². The standard InChI is InChI=1S/C13H17NO/c1-3-11-12(4-2)15-13(14-11)10-8-6-5-7-9-10/h5-9,11-12H,3-4H2,1-2H3. The molecule has 1 aromatic carbocycles. The van der Waals surface area contributed by atoms with Crippen molar-refractivity contribution in [1.82, 2.24) is 0 Å². The fourth-order valence-electron chi connectivity index (χ4n) is 1.92. The van der Waals surface area contributed by atoms with Crippen LogP contribution >= 0.6 is 0 Å². The molecule has 0 aliphatic carbocycles. The molecular formula is C13H17NO. The van der Waals surface area contributed by atoms with Crippen molar-refractivity contribution in [2.45, 2.75) is 38.8 Å². The maximum absolute atomic E-state index is 5.85. The molecule has 2 rings (SSSR count). The van der Waals surface area contributed by atoms with Crippen LogP contribution in [0.1, 0.15) is 32.3 Å². The van der Waals surface area contributed by atoms with Crippen molar-refractivity contribution in [3.8, 4) is 0 Å². The Hall–Kier alpha value is -1.31. The Kier molecular flexibility index (Phi) is 3.05. The quantitative estimate of drug-likeness (QED) is 0.740. The third-order valence-electron chi connectivity index (χ3n) is 2.82. The van der Waals surface area contributed by atoms with Crippen LogP contribution in [0.2, 0.25) is 0 Å². The molecule has 2 nitrogen and oxygen atoms in total. The summed E-state index contributed by atoms with van der Waals surface area (Å²) in [4.78, 5) is 4.62. The molecule has 0 bridgehead atoms. The fraction of sp³-hybridized carbons (Fsp3) is 0.462. The van der Waals surface area contributed by atoms with Crippen LogP contribution < -0.4 is 0 Å². The molecule has 0 saturated heterocycles. The lowest BCUT2D eigenvalue weighted by atomic mass is 10.1. The van der Waals surface area contributed by atoms with E-state index < -0.39 is 0 Å². The van der Waals surface area contributed by atoms with Gasteiger partial charge in [0.2, 0.25) is 5.90 Å². The average Bonchev–Trinajstić information content (AvgIpc) is 2.73. The second kappa shape index (κ2) is 4.47. The highest BCUT2D eigenvalue weighted by Gasteiger charge is 2.28. The Morgan fingerprint density at radius 2 is 1.87 bits per heavy atom. The molecule has 2 atom stereocenters. The van der Waals surface area contributed by atoms with E-state index in [1.165, 1.54) is 0 Å². The van der Waals surface area contributed by atoms with Crippen LogP contribution in [0.3, 0.4) is 0 Å². The topological polar surface area (TPSA) is 21.6 Å². The summed E-state index contributed by atoms with van der Waals surface area (Å²) in [6, 6.07) is 10.5. The zero-order valence-electron chi connectivity index (χ0n) is 9.31. The number of hydrogen-bond acceptors (Lipinski definition) is 2. The first kappa shape index (κ1) is 10.2. The Balaban J connectivity index is 2.19. The second-order valence-electron chi connectivity index (χ2n) is 3.84. The molecule has 0 amide bonds. The van der Waals surface area contributed by atoms with Gasteiger partial charge in [0.1, 0.15) is 6.10 Å². The molecule has 0 saturated carbocycles. The summed E-state index contributed by atoms with van der Waals surface area (Å²) in [6.07, 6.45) is 2.35. The average molecular weight is 203 g/mol. The lowest BCUT2D eigenvalue weighted by Crippen LogP contribution is -2.20. The summed E-state index contributed by atoms with van der Waals surface area (Å²) in [5.74, 6) is 0.814. The van der Waals surface area contributed by atoms with E-state index in [0.717, 1.165) is 24.3 Å². The van der Waals surface area contributed by atoms with Crippen LogP contribution in [0.4, 0.5) is 0 Å². The van der Waals surface area contributed by atoms with Gasteiger partial charge in [0.25, 0.3) is 0 Å². The largest absolute Gasteiger partial charge is 0.472 e. The van der Waals surface area contributed by atoms with Crippen LogP contribution in [0.5, 0.6) is 0 Å². The van der Waals surface area contributed by atoms with Crippen molar-refractivity contribution >= 4 is 5.90 Å². The minimum absolute atomic E-state index is 0.269. The number of rotatable bonds is 3. The lowest BCUT2D eigenvalue weighted by Gasteiger charge is -2.13. The van der Waals surface area contributed by atoms with Crippen molar-refractivity contribution < 1.29 is 4.74 Å². The summed E-state index contributed by atoms with van der Waals surface area (Å²) < 4.78 is 5.85. The Bertz CT molecular complexity index is 345. The second-order valence-corrected chi connectivity index (χ2v) is 3.84. The number of benzene rings is 1. The van der Waals surface area contributed by atoms with Gasteiger partial charge < -0.3 is 4.74 Å². The molecule has 1 heterocycles. The Morgan fingerprint density at radius 1 is 1.13 bits per heavy atom. The maximum Gasteiger partial charge on any atom is 0.216 e. The van der Waals surface area contributed by atoms with Gasteiger partial charge in [-0.2, -0.15) is 0 Å². The van der Waals surface area contributed by atoms with Gasteiger partial charge in [-0.1, -0.05) is 32.0 Å². The molecular weight excluding hydrogens is 186 g/mol. The van der Waals surface area contributed by atoms with Crippen LogP contribution in [-0.2, 0) is 4.74 Å². The van der Waals surface area contributed by atoms with E-state index in [9.17, 15) is 0 Å². The smallest absolute Gasteiger partial charge is 0.216 e. The van der Waals surface area contributed by atoms with Crippen LogP contribution in [0, 0.1) is 0 Å². The monoisotopic (exact) mass is 203 g/mol. The number of nitrogens with zero attached hydrogens (tertiary/aromatic N) is 1. The highest BCUT2D eigenvalue weighted by molar-refractivity contribution is 5.95. The third-order valence-corrected chi connectivity index (χ3v) is 2.82. The molecule has 15 heavy (non-hydrogen) atoms. The molecule has 0 aromatic heterocycles. The van der Waals surface area contributed by atoms with Gasteiger partial charge in [0.15, 0.2) is 0 Å². The molecule has 0 N–H and O–H groups in total. The van der Waals surface area contributed by atoms with E-state index in [1.54, 1.807) is 0 Å². The van der Waals surface area contributed by atoms with Gasteiger partial charge in [-0.05, 0) is 25.0 Å². The number of hydrogen-bond donors (Lipinski definition) is 0. The molecule has 0 spiro atoms. The number of ether oxygens (including phenoxy) is 1. The third kappa shape index (κ3) is 2.04. The van der Waals surface area contributed by atoms with Crippen LogP contribution in [-0.4, -0.2) is 18.0 Å². The number of aliphatic imine (C=N–C) groups is 1. The summed E-state index contributed by atoms with van der Waals surface area (Å²) in [7, 11) is 0. The van der Waals surface area contributed by atoms with Gasteiger partial charge in [0, 0.05) is 5.56 Å². The first-order valence-corrected chi connectivity index (χ1v) is 5.65. The van der Waals surface area contributed by atoms with E-state index in [2.05, 4.69) is 18.8 Å². The summed E-state index contributed by atoms with van der Waals surface area (Å²) in [5, 5.41) is 0. The van der Waals surface area contributed by atoms with E-state index >= 15 is 0 Å². The summed E-state index contributed by atoms with van der Waals surface area (Å²) in [6.45, 7) is 4.31. The van der Waals surface area contributed by atoms with Crippen molar-refractivity contribution in [3.63, 3.8) is 0 Å². The summed E-state index contributed by atoms with van der Waals surface area (Å²) in [5.41, 5.74) is 1.09. The van der Waals surface area contributed by atoms with E-state index in [4.69, 9.17) is 4.74 Å². The molecule has 0 radical (unpaired) electrons. The zero-order valence-corrected chi connectivity index (χ0v) is 9.31. The predicted octanol–water partition coefficient (Wildman–Crippen LogP) is 3.02. The molecule has 1 aliphatic rings. The highest BCUT2D eigenvalue weighted by atomic mass is 16.5. The predicted molar refractivity (Wildman–Crippen MR) is 62.2 cm³/mol. The van der Waals surface area contributed by atoms with Gasteiger partial charge >= 0.3 is 0 Å². The Morgan fingerprint density at radius 3 is 2.40 bits per heavy atom. The molecule has 1 aliphatic heterocycles. The molecule has 1 aromatic rings. The van der Waals surface area contributed by atoms with Crippen molar-refractivity contribution in [2.75, 3.05) is 0 Å². The maximum atomic E-state index is 5.85.